The zero-order valence-electron chi connectivity index (χ0n) is 15.6. The lowest BCUT2D eigenvalue weighted by Gasteiger charge is -2.13. The second-order valence-corrected chi connectivity index (χ2v) is 6.28. The second kappa shape index (κ2) is 8.58. The third kappa shape index (κ3) is 4.30. The zero-order chi connectivity index (χ0) is 21.9. The molecular weight excluding hydrogens is 423 g/mol. The first kappa shape index (κ1) is 21.4. The molecule has 0 bridgehead atoms. The molecule has 0 aliphatic heterocycles. The number of ether oxygens (including phenoxy) is 2. The smallest absolute Gasteiger partial charge is 0.434 e. The molecule has 0 unspecified atom stereocenters. The summed E-state index contributed by atoms with van der Waals surface area (Å²) in [4.78, 5) is 16.2. The monoisotopic (exact) mass is 437 g/mol. The highest BCUT2D eigenvalue weighted by molar-refractivity contribution is 6.31. The van der Waals surface area contributed by atoms with Crippen molar-refractivity contribution in [3.63, 3.8) is 0 Å². The van der Waals surface area contributed by atoms with Crippen molar-refractivity contribution in [1.82, 2.24) is 14.8 Å². The van der Waals surface area contributed by atoms with Crippen LogP contribution in [0.2, 0.25) is 5.02 Å². The number of hydrogen-bond donors (Lipinski definition) is 0. The van der Waals surface area contributed by atoms with Crippen LogP contribution in [-0.2, 0) is 10.9 Å². The van der Waals surface area contributed by atoms with E-state index in [4.69, 9.17) is 21.1 Å². The number of pyridine rings is 1. The highest BCUT2D eigenvalue weighted by Gasteiger charge is 2.41. The fourth-order valence-electron chi connectivity index (χ4n) is 2.74. The molecule has 0 atom stereocenters. The van der Waals surface area contributed by atoms with E-state index in [9.17, 15) is 18.0 Å². The molecule has 0 fully saturated rings. The van der Waals surface area contributed by atoms with Crippen molar-refractivity contribution in [3.8, 4) is 22.8 Å². The van der Waals surface area contributed by atoms with Crippen LogP contribution in [0.3, 0.4) is 0 Å². The number of hydrogen-bond acceptors (Lipinski definition) is 5. The number of rotatable bonds is 6. The maximum Gasteiger partial charge on any atom is 0.434 e. The fourth-order valence-corrected chi connectivity index (χ4v) is 2.91. The Bertz CT molecular complexity index is 1100. The van der Waals surface area contributed by atoms with E-state index in [0.29, 0.717) is 21.0 Å². The number of nitrogens with zero attached hydrogens (tertiary/aromatic N) is 3. The van der Waals surface area contributed by atoms with Gasteiger partial charge in [-0.15, -0.1) is 0 Å². The molecule has 0 aliphatic carbocycles. The molecule has 0 amide bonds. The molecule has 156 valence electrons. The summed E-state index contributed by atoms with van der Waals surface area (Å²) >= 11 is 6.05. The molecule has 30 heavy (non-hydrogen) atoms. The van der Waals surface area contributed by atoms with Gasteiger partial charge in [-0.3, -0.25) is 0 Å². The van der Waals surface area contributed by atoms with E-state index in [1.165, 1.54) is 25.3 Å². The van der Waals surface area contributed by atoms with E-state index in [1.54, 1.807) is 24.3 Å². The Morgan fingerprint density at radius 3 is 2.73 bits per heavy atom. The summed E-state index contributed by atoms with van der Waals surface area (Å²) in [6.07, 6.45) is -2.86. The van der Waals surface area contributed by atoms with Gasteiger partial charge in [0.15, 0.2) is 11.5 Å². The van der Waals surface area contributed by atoms with Crippen LogP contribution in [0.4, 0.5) is 13.2 Å². The highest BCUT2D eigenvalue weighted by Crippen LogP contribution is 2.35. The maximum absolute atomic E-state index is 13.7. The van der Waals surface area contributed by atoms with Crippen molar-refractivity contribution >= 4 is 17.6 Å². The predicted molar refractivity (Wildman–Crippen MR) is 104 cm³/mol. The number of alkyl halides is 3. The van der Waals surface area contributed by atoms with E-state index < -0.39 is 23.4 Å². The molecule has 6 nitrogen and oxygen atoms in total. The number of halogens is 4. The molecule has 0 N–H and O–H groups in total. The van der Waals surface area contributed by atoms with Gasteiger partial charge >= 0.3 is 12.1 Å². The maximum atomic E-state index is 13.7. The summed E-state index contributed by atoms with van der Waals surface area (Å²) < 4.78 is 51.8. The van der Waals surface area contributed by atoms with E-state index in [1.807, 2.05) is 0 Å². The molecule has 0 aliphatic rings. The third-order valence-corrected chi connectivity index (χ3v) is 4.15. The summed E-state index contributed by atoms with van der Waals surface area (Å²) in [5.41, 5.74) is -1.25. The molecule has 0 spiro atoms. The second-order valence-electron chi connectivity index (χ2n) is 5.84. The van der Waals surface area contributed by atoms with Crippen molar-refractivity contribution in [2.45, 2.75) is 13.1 Å². The SMILES string of the molecule is C=COc1ccc(Cl)cc1-c1cccc(-n2ncc(C(=O)OCC)c2C(F)(F)F)n1. The third-order valence-electron chi connectivity index (χ3n) is 3.91. The van der Waals surface area contributed by atoms with Crippen molar-refractivity contribution in [3.05, 3.63) is 71.7 Å². The standard InChI is InChI=1S/C20H15ClF3N3O3/c1-3-29-16-9-8-12(21)10-13(16)15-6-5-7-17(26-15)27-18(20(22,23)24)14(11-25-27)19(28)30-4-2/h3,5-11H,1,4H2,2H3. The minimum absolute atomic E-state index is 0.0735. The molecule has 2 heterocycles. The first-order valence-corrected chi connectivity index (χ1v) is 9.01. The van der Waals surface area contributed by atoms with Gasteiger partial charge in [-0.2, -0.15) is 18.3 Å². The van der Waals surface area contributed by atoms with Gasteiger partial charge in [-0.1, -0.05) is 24.2 Å². The highest BCUT2D eigenvalue weighted by atomic mass is 35.5. The van der Waals surface area contributed by atoms with E-state index >= 15 is 0 Å². The Hall–Kier alpha value is -3.33. The van der Waals surface area contributed by atoms with Gasteiger partial charge in [0, 0.05) is 10.6 Å². The van der Waals surface area contributed by atoms with Crippen molar-refractivity contribution in [1.29, 1.82) is 0 Å². The van der Waals surface area contributed by atoms with Gasteiger partial charge in [-0.05, 0) is 37.3 Å². The first-order valence-electron chi connectivity index (χ1n) is 8.63. The molecule has 2 aromatic heterocycles. The Balaban J connectivity index is 2.15. The number of aromatic nitrogens is 3. The summed E-state index contributed by atoms with van der Waals surface area (Å²) in [6.45, 7) is 4.91. The molecule has 1 aromatic carbocycles. The van der Waals surface area contributed by atoms with E-state index in [-0.39, 0.29) is 18.1 Å². The van der Waals surface area contributed by atoms with Crippen LogP contribution in [0.15, 0.2) is 55.4 Å². The average molecular weight is 438 g/mol. The van der Waals surface area contributed by atoms with Crippen LogP contribution in [0.5, 0.6) is 5.75 Å². The number of esters is 1. The van der Waals surface area contributed by atoms with Gasteiger partial charge in [0.1, 0.15) is 11.3 Å². The lowest BCUT2D eigenvalue weighted by Crippen LogP contribution is -2.19. The molecule has 10 heteroatoms. The van der Waals surface area contributed by atoms with Gasteiger partial charge in [0.05, 0.1) is 24.8 Å². The predicted octanol–water partition coefficient (Wildman–Crippen LogP) is 5.31. The Morgan fingerprint density at radius 2 is 2.07 bits per heavy atom. The Labute approximate surface area is 174 Å². The summed E-state index contributed by atoms with van der Waals surface area (Å²) in [7, 11) is 0. The van der Waals surface area contributed by atoms with Crippen LogP contribution in [-0.4, -0.2) is 27.3 Å². The average Bonchev–Trinajstić information content (AvgIpc) is 3.16. The van der Waals surface area contributed by atoms with Crippen LogP contribution < -0.4 is 4.74 Å². The molecule has 3 aromatic rings. The Kier molecular flexibility index (Phi) is 6.12. The molecular formula is C20H15ClF3N3O3. The van der Waals surface area contributed by atoms with Crippen LogP contribution in [0, 0.1) is 0 Å². The van der Waals surface area contributed by atoms with Gasteiger partial charge < -0.3 is 9.47 Å². The van der Waals surface area contributed by atoms with Crippen molar-refractivity contribution < 1.29 is 27.4 Å². The van der Waals surface area contributed by atoms with Gasteiger partial charge in [0.2, 0.25) is 0 Å². The number of carbonyl (C=O) groups is 1. The number of carbonyl (C=O) groups excluding carboxylic acids is 1. The summed E-state index contributed by atoms with van der Waals surface area (Å²) in [6, 6.07) is 9.15. The minimum Gasteiger partial charge on any atom is -0.465 e. The van der Waals surface area contributed by atoms with E-state index in [0.717, 1.165) is 6.20 Å². The van der Waals surface area contributed by atoms with E-state index in [2.05, 4.69) is 16.7 Å². The molecule has 0 radical (unpaired) electrons. The lowest BCUT2D eigenvalue weighted by molar-refractivity contribution is -0.143. The normalized spacial score (nSPS) is 11.2. The largest absolute Gasteiger partial charge is 0.465 e. The quantitative estimate of drug-likeness (QED) is 0.386. The lowest BCUT2D eigenvalue weighted by atomic mass is 10.1. The number of benzene rings is 1. The Morgan fingerprint density at radius 1 is 1.30 bits per heavy atom. The zero-order valence-corrected chi connectivity index (χ0v) is 16.4. The summed E-state index contributed by atoms with van der Waals surface area (Å²) in [5, 5.41) is 4.11. The van der Waals surface area contributed by atoms with Gasteiger partial charge in [-0.25, -0.2) is 14.5 Å². The van der Waals surface area contributed by atoms with Gasteiger partial charge in [0.25, 0.3) is 0 Å². The van der Waals surface area contributed by atoms with Crippen LogP contribution in [0.25, 0.3) is 17.1 Å². The molecule has 0 saturated heterocycles. The first-order chi connectivity index (χ1) is 14.3. The fraction of sp³-hybridized carbons (Fsp3) is 0.150. The van der Waals surface area contributed by atoms with Crippen molar-refractivity contribution in [2.24, 2.45) is 0 Å². The van der Waals surface area contributed by atoms with Crippen LogP contribution >= 0.6 is 11.6 Å². The van der Waals surface area contributed by atoms with Crippen LogP contribution in [0.1, 0.15) is 23.0 Å². The minimum atomic E-state index is -4.87. The van der Waals surface area contributed by atoms with Crippen molar-refractivity contribution in [2.75, 3.05) is 6.61 Å². The molecule has 0 saturated carbocycles. The topological polar surface area (TPSA) is 66.2 Å². The molecule has 3 rings (SSSR count). The summed E-state index contributed by atoms with van der Waals surface area (Å²) in [5.74, 6) is -0.911.